The summed E-state index contributed by atoms with van der Waals surface area (Å²) in [5, 5.41) is 17.5. The summed E-state index contributed by atoms with van der Waals surface area (Å²) in [5.41, 5.74) is 5.80. The first-order valence-electron chi connectivity index (χ1n) is 4.42. The minimum Gasteiger partial charge on any atom is -0.480 e. The Labute approximate surface area is 96.4 Å². The first-order chi connectivity index (χ1) is 7.41. The third kappa shape index (κ3) is 2.95. The average Bonchev–Trinajstić information content (AvgIpc) is 2.20. The fourth-order valence-corrected chi connectivity index (χ4v) is 1.40. The summed E-state index contributed by atoms with van der Waals surface area (Å²) in [5.74, 6) is -2.29. The fraction of sp³-hybridized carbons (Fsp3) is 0.200. The lowest BCUT2D eigenvalue weighted by Crippen LogP contribution is -2.32. The minimum absolute atomic E-state index is 0.0586. The summed E-state index contributed by atoms with van der Waals surface area (Å²) in [4.78, 5) is 21.3. The van der Waals surface area contributed by atoms with E-state index in [-0.39, 0.29) is 17.0 Å². The molecule has 4 N–H and O–H groups in total. The predicted molar refractivity (Wildman–Crippen MR) is 57.7 cm³/mol. The highest BCUT2D eigenvalue weighted by molar-refractivity contribution is 6.33. The van der Waals surface area contributed by atoms with E-state index in [9.17, 15) is 9.59 Å². The molecular weight excluding hydrogens is 234 g/mol. The number of rotatable bonds is 4. The van der Waals surface area contributed by atoms with Crippen molar-refractivity contribution in [1.29, 1.82) is 0 Å². The summed E-state index contributed by atoms with van der Waals surface area (Å²) in [6.45, 7) is 0. The predicted octanol–water partition coefficient (Wildman–Crippen LogP) is 0.993. The third-order valence-corrected chi connectivity index (χ3v) is 2.36. The first kappa shape index (κ1) is 12.5. The number of nitrogens with two attached hydrogens (primary N) is 1. The van der Waals surface area contributed by atoms with Crippen molar-refractivity contribution < 1.29 is 19.8 Å². The molecule has 0 bridgehead atoms. The van der Waals surface area contributed by atoms with Crippen LogP contribution >= 0.6 is 11.6 Å². The second-order valence-corrected chi connectivity index (χ2v) is 3.68. The lowest BCUT2D eigenvalue weighted by Gasteiger charge is -2.07. The zero-order valence-corrected chi connectivity index (χ0v) is 8.94. The van der Waals surface area contributed by atoms with E-state index in [0.717, 1.165) is 0 Å². The number of hydrogen-bond donors (Lipinski definition) is 3. The molecule has 1 aromatic rings. The van der Waals surface area contributed by atoms with Crippen LogP contribution < -0.4 is 5.73 Å². The maximum absolute atomic E-state index is 10.8. The van der Waals surface area contributed by atoms with Crippen molar-refractivity contribution in [3.05, 3.63) is 34.3 Å². The largest absolute Gasteiger partial charge is 0.480 e. The SMILES string of the molecule is N[C@@H](Cc1ccc(Cl)c(C(=O)O)c1)C(=O)O. The molecule has 0 heterocycles. The monoisotopic (exact) mass is 243 g/mol. The van der Waals surface area contributed by atoms with Gasteiger partial charge in [0, 0.05) is 0 Å². The van der Waals surface area contributed by atoms with Crippen molar-refractivity contribution in [2.45, 2.75) is 12.5 Å². The zero-order valence-electron chi connectivity index (χ0n) is 8.18. The second kappa shape index (κ2) is 4.96. The van der Waals surface area contributed by atoms with Gasteiger partial charge in [-0.15, -0.1) is 0 Å². The van der Waals surface area contributed by atoms with Crippen LogP contribution in [-0.4, -0.2) is 28.2 Å². The molecule has 0 saturated heterocycles. The Morgan fingerprint density at radius 2 is 2.00 bits per heavy atom. The van der Waals surface area contributed by atoms with Crippen molar-refractivity contribution in [1.82, 2.24) is 0 Å². The van der Waals surface area contributed by atoms with Gasteiger partial charge in [-0.3, -0.25) is 4.79 Å². The van der Waals surface area contributed by atoms with Gasteiger partial charge < -0.3 is 15.9 Å². The summed E-state index contributed by atoms with van der Waals surface area (Å²) >= 11 is 5.66. The van der Waals surface area contributed by atoms with E-state index >= 15 is 0 Å². The zero-order chi connectivity index (χ0) is 12.3. The summed E-state index contributed by atoms with van der Waals surface area (Å²) < 4.78 is 0. The highest BCUT2D eigenvalue weighted by Crippen LogP contribution is 2.18. The Hall–Kier alpha value is -1.59. The minimum atomic E-state index is -1.16. The smallest absolute Gasteiger partial charge is 0.337 e. The van der Waals surface area contributed by atoms with Gasteiger partial charge in [0.05, 0.1) is 10.6 Å². The Balaban J connectivity index is 2.95. The van der Waals surface area contributed by atoms with Gasteiger partial charge in [-0.1, -0.05) is 17.7 Å². The van der Waals surface area contributed by atoms with Crippen LogP contribution in [0.15, 0.2) is 18.2 Å². The van der Waals surface area contributed by atoms with Gasteiger partial charge in [0.1, 0.15) is 6.04 Å². The standard InChI is InChI=1S/C10H10ClNO4/c11-7-2-1-5(3-6(7)9(13)14)4-8(12)10(15)16/h1-3,8H,4,12H2,(H,13,14)(H,15,16)/t8-/m0/s1. The number of aliphatic carboxylic acids is 1. The molecule has 0 aliphatic heterocycles. The highest BCUT2D eigenvalue weighted by atomic mass is 35.5. The second-order valence-electron chi connectivity index (χ2n) is 3.27. The van der Waals surface area contributed by atoms with Crippen LogP contribution in [0.2, 0.25) is 5.02 Å². The van der Waals surface area contributed by atoms with Gasteiger partial charge in [-0.05, 0) is 24.1 Å². The Bertz CT molecular complexity index is 433. The van der Waals surface area contributed by atoms with Crippen molar-refractivity contribution in [2.75, 3.05) is 0 Å². The van der Waals surface area contributed by atoms with Gasteiger partial charge in [0.2, 0.25) is 0 Å². The molecule has 1 atom stereocenters. The molecule has 0 fully saturated rings. The number of carboxylic acid groups (broad SMARTS) is 2. The molecule has 5 nitrogen and oxygen atoms in total. The molecule has 0 spiro atoms. The van der Waals surface area contributed by atoms with Crippen molar-refractivity contribution in [2.24, 2.45) is 5.73 Å². The van der Waals surface area contributed by atoms with Gasteiger partial charge in [0.15, 0.2) is 0 Å². The van der Waals surface area contributed by atoms with E-state index in [2.05, 4.69) is 0 Å². The normalized spacial score (nSPS) is 12.1. The molecule has 0 saturated carbocycles. The van der Waals surface area contributed by atoms with Crippen LogP contribution in [-0.2, 0) is 11.2 Å². The maximum Gasteiger partial charge on any atom is 0.337 e. The molecule has 1 aromatic carbocycles. The Morgan fingerprint density at radius 3 is 2.50 bits per heavy atom. The van der Waals surface area contributed by atoms with Crippen molar-refractivity contribution >= 4 is 23.5 Å². The van der Waals surface area contributed by atoms with Gasteiger partial charge in [-0.2, -0.15) is 0 Å². The molecule has 0 aromatic heterocycles. The van der Waals surface area contributed by atoms with E-state index in [1.54, 1.807) is 6.07 Å². The number of benzene rings is 1. The summed E-state index contributed by atoms with van der Waals surface area (Å²) in [6.07, 6.45) is 0.0623. The highest BCUT2D eigenvalue weighted by Gasteiger charge is 2.14. The molecule has 6 heteroatoms. The van der Waals surface area contributed by atoms with Gasteiger partial charge in [0.25, 0.3) is 0 Å². The quantitative estimate of drug-likeness (QED) is 0.732. The van der Waals surface area contributed by atoms with Crippen molar-refractivity contribution in [3.8, 4) is 0 Å². The number of carboxylic acids is 2. The first-order valence-corrected chi connectivity index (χ1v) is 4.79. The van der Waals surface area contributed by atoms with E-state index < -0.39 is 18.0 Å². The maximum atomic E-state index is 10.8. The topological polar surface area (TPSA) is 101 Å². The molecule has 0 amide bonds. The molecule has 0 aliphatic carbocycles. The fourth-order valence-electron chi connectivity index (χ4n) is 1.20. The summed E-state index contributed by atoms with van der Waals surface area (Å²) in [6, 6.07) is 3.24. The van der Waals surface area contributed by atoms with Gasteiger partial charge in [-0.25, -0.2) is 4.79 Å². The van der Waals surface area contributed by atoms with Crippen molar-refractivity contribution in [3.63, 3.8) is 0 Å². The van der Waals surface area contributed by atoms with Crippen LogP contribution in [0.25, 0.3) is 0 Å². The third-order valence-electron chi connectivity index (χ3n) is 2.03. The lowest BCUT2D eigenvalue weighted by molar-refractivity contribution is -0.138. The molecule has 16 heavy (non-hydrogen) atoms. The van der Waals surface area contributed by atoms with Crippen LogP contribution in [0.4, 0.5) is 0 Å². The average molecular weight is 244 g/mol. The Morgan fingerprint density at radius 1 is 1.38 bits per heavy atom. The van der Waals surface area contributed by atoms with Crippen LogP contribution in [0.5, 0.6) is 0 Å². The molecule has 86 valence electrons. The lowest BCUT2D eigenvalue weighted by atomic mass is 10.0. The molecule has 1 rings (SSSR count). The van der Waals surface area contributed by atoms with E-state index in [4.69, 9.17) is 27.5 Å². The van der Waals surface area contributed by atoms with Crippen LogP contribution in [0.1, 0.15) is 15.9 Å². The summed E-state index contributed by atoms with van der Waals surface area (Å²) in [7, 11) is 0. The molecule has 0 radical (unpaired) electrons. The molecular formula is C10H10ClNO4. The van der Waals surface area contributed by atoms with E-state index in [1.165, 1.54) is 12.1 Å². The number of hydrogen-bond acceptors (Lipinski definition) is 3. The van der Waals surface area contributed by atoms with E-state index in [1.807, 2.05) is 0 Å². The van der Waals surface area contributed by atoms with E-state index in [0.29, 0.717) is 5.56 Å². The number of halogens is 1. The van der Waals surface area contributed by atoms with Crippen LogP contribution in [0.3, 0.4) is 0 Å². The van der Waals surface area contributed by atoms with Gasteiger partial charge >= 0.3 is 11.9 Å². The number of aromatic carboxylic acids is 1. The molecule has 0 unspecified atom stereocenters. The molecule has 0 aliphatic rings. The van der Waals surface area contributed by atoms with Crippen LogP contribution in [0, 0.1) is 0 Å². The number of carbonyl (C=O) groups is 2. The Kier molecular flexibility index (Phi) is 3.87.